The number of benzene rings is 2. The summed E-state index contributed by atoms with van der Waals surface area (Å²) in [6, 6.07) is 4.50. The number of carbonyl (C=O) groups excluding carboxylic acids is 5. The summed E-state index contributed by atoms with van der Waals surface area (Å²) < 4.78 is 25.0. The van der Waals surface area contributed by atoms with E-state index in [1.807, 2.05) is 6.92 Å². The molecule has 6 aliphatic rings. The van der Waals surface area contributed by atoms with E-state index in [0.29, 0.717) is 51.2 Å². The van der Waals surface area contributed by atoms with Crippen molar-refractivity contribution in [1.29, 1.82) is 0 Å². The van der Waals surface area contributed by atoms with Crippen LogP contribution in [0, 0.1) is 5.92 Å². The zero-order valence-electron chi connectivity index (χ0n) is 31.2. The van der Waals surface area contributed by atoms with E-state index in [2.05, 4.69) is 15.4 Å². The van der Waals surface area contributed by atoms with Gasteiger partial charge in [-0.05, 0) is 45.6 Å². The number of nitrogens with one attached hydrogen (secondary N) is 1. The van der Waals surface area contributed by atoms with Crippen LogP contribution in [0.25, 0.3) is 0 Å². The van der Waals surface area contributed by atoms with Gasteiger partial charge in [0.1, 0.15) is 23.8 Å². The fourth-order valence-electron chi connectivity index (χ4n) is 8.98. The standard InChI is InChI=1S/C40H45N5O11/c1-19(42-43-27(46)9-4-3-5-12-45-28(47)10-11-29(45)48)21-15-23-33(39(52)35-34(37(23)50)36(49)22-7-6-8-24(41)32(22)38(35)51)26(16-21)55-31-17-25-40(20(2)54-31)56-30-18-53-14-13-44(25)30/h6-8,10-11,20-21,25-26,30-31,40,50,52H,3-5,9,12-18,41H2,1-2H3,(H,43,46)/b42-19+/t20-,21+,25-,26-,30+,31-,40+/m0/s1. The van der Waals surface area contributed by atoms with Crippen molar-refractivity contribution >= 4 is 40.7 Å². The van der Waals surface area contributed by atoms with Gasteiger partial charge in [-0.3, -0.25) is 33.8 Å². The molecule has 0 radical (unpaired) electrons. The molecule has 16 heteroatoms. The Morgan fingerprint density at radius 1 is 1.00 bits per heavy atom. The number of nitrogens with zero attached hydrogens (tertiary/aromatic N) is 3. The molecule has 3 saturated heterocycles. The summed E-state index contributed by atoms with van der Waals surface area (Å²) in [6.07, 6.45) is 2.79. The Kier molecular flexibility index (Phi) is 10.3. The van der Waals surface area contributed by atoms with E-state index in [-0.39, 0.29) is 107 Å². The summed E-state index contributed by atoms with van der Waals surface area (Å²) in [6.45, 7) is 5.68. The maximum Gasteiger partial charge on any atom is 0.253 e. The number of phenolic OH excluding ortho intramolecular Hbond substituents is 2. The van der Waals surface area contributed by atoms with Crippen LogP contribution in [-0.4, -0.2) is 112 Å². The molecule has 296 valence electrons. The summed E-state index contributed by atoms with van der Waals surface area (Å²) in [5.41, 5.74) is 9.17. The maximum atomic E-state index is 14.0. The monoisotopic (exact) mass is 771 g/mol. The normalized spacial score (nSPS) is 28.5. The second-order valence-electron chi connectivity index (χ2n) is 15.2. The van der Waals surface area contributed by atoms with Gasteiger partial charge < -0.3 is 34.9 Å². The molecule has 56 heavy (non-hydrogen) atoms. The maximum absolute atomic E-state index is 14.0. The van der Waals surface area contributed by atoms with E-state index in [9.17, 15) is 34.2 Å². The number of aromatic hydroxyl groups is 2. The van der Waals surface area contributed by atoms with Gasteiger partial charge in [-0.1, -0.05) is 18.6 Å². The van der Waals surface area contributed by atoms with Crippen LogP contribution in [0.2, 0.25) is 0 Å². The van der Waals surface area contributed by atoms with Crippen molar-refractivity contribution in [2.45, 2.75) is 95.7 Å². The number of anilines is 1. The predicted molar refractivity (Wildman–Crippen MR) is 198 cm³/mol. The van der Waals surface area contributed by atoms with Gasteiger partial charge in [-0.15, -0.1) is 0 Å². The highest BCUT2D eigenvalue weighted by molar-refractivity contribution is 6.32. The minimum absolute atomic E-state index is 0.0126. The van der Waals surface area contributed by atoms with Crippen LogP contribution >= 0.6 is 0 Å². The van der Waals surface area contributed by atoms with Crippen LogP contribution in [0.15, 0.2) is 35.5 Å². The molecule has 3 fully saturated rings. The predicted octanol–water partition coefficient (Wildman–Crippen LogP) is 2.61. The molecule has 8 rings (SSSR count). The molecule has 4 aliphatic heterocycles. The van der Waals surface area contributed by atoms with Crippen molar-refractivity contribution < 1.29 is 53.1 Å². The third-order valence-corrected chi connectivity index (χ3v) is 11.8. The highest BCUT2D eigenvalue weighted by Crippen LogP contribution is 2.52. The number of rotatable bonds is 10. The van der Waals surface area contributed by atoms with Crippen molar-refractivity contribution in [3.05, 3.63) is 63.7 Å². The lowest BCUT2D eigenvalue weighted by atomic mass is 9.73. The van der Waals surface area contributed by atoms with Gasteiger partial charge in [-0.2, -0.15) is 5.10 Å². The third-order valence-electron chi connectivity index (χ3n) is 11.8. The van der Waals surface area contributed by atoms with Crippen LogP contribution < -0.4 is 11.2 Å². The molecule has 0 spiro atoms. The Bertz CT molecular complexity index is 2050. The summed E-state index contributed by atoms with van der Waals surface area (Å²) in [7, 11) is 0. The van der Waals surface area contributed by atoms with E-state index in [4.69, 9.17) is 24.7 Å². The largest absolute Gasteiger partial charge is 0.507 e. The second kappa shape index (κ2) is 15.2. The second-order valence-corrected chi connectivity index (χ2v) is 15.2. The van der Waals surface area contributed by atoms with E-state index in [0.717, 1.165) is 0 Å². The first-order chi connectivity index (χ1) is 26.9. The third kappa shape index (κ3) is 6.68. The van der Waals surface area contributed by atoms with E-state index >= 15 is 0 Å². The molecule has 2 aromatic rings. The molecule has 0 aromatic heterocycles. The molecular weight excluding hydrogens is 726 g/mol. The van der Waals surface area contributed by atoms with E-state index in [1.54, 1.807) is 13.0 Å². The molecule has 16 nitrogen and oxygen atoms in total. The lowest BCUT2D eigenvalue weighted by Crippen LogP contribution is -2.52. The van der Waals surface area contributed by atoms with Gasteiger partial charge in [0.05, 0.1) is 42.1 Å². The fourth-order valence-corrected chi connectivity index (χ4v) is 8.98. The fraction of sp³-hybridized carbons (Fsp3) is 0.500. The number of carbonyl (C=O) groups is 5. The first-order valence-corrected chi connectivity index (χ1v) is 19.2. The number of hydrogen-bond acceptors (Lipinski definition) is 14. The lowest BCUT2D eigenvalue weighted by molar-refractivity contribution is -0.242. The smallest absolute Gasteiger partial charge is 0.253 e. The Morgan fingerprint density at radius 2 is 1.77 bits per heavy atom. The minimum Gasteiger partial charge on any atom is -0.507 e. The molecule has 0 bridgehead atoms. The number of hydrazone groups is 1. The van der Waals surface area contributed by atoms with Gasteiger partial charge in [0.15, 0.2) is 17.9 Å². The van der Waals surface area contributed by atoms with Crippen molar-refractivity contribution in [3.63, 3.8) is 0 Å². The number of ether oxygens (including phenoxy) is 4. The quantitative estimate of drug-likeness (QED) is 0.0583. The van der Waals surface area contributed by atoms with Crippen molar-refractivity contribution in [2.75, 3.05) is 32.0 Å². The Labute approximate surface area is 322 Å². The van der Waals surface area contributed by atoms with Crippen molar-refractivity contribution in [3.8, 4) is 11.5 Å². The van der Waals surface area contributed by atoms with Gasteiger partial charge in [0.25, 0.3) is 11.8 Å². The van der Waals surface area contributed by atoms with Gasteiger partial charge >= 0.3 is 0 Å². The van der Waals surface area contributed by atoms with Crippen LogP contribution in [-0.2, 0) is 39.8 Å². The highest BCUT2D eigenvalue weighted by atomic mass is 16.7. The van der Waals surface area contributed by atoms with Crippen LogP contribution in [0.3, 0.4) is 0 Å². The number of nitrogen functional groups attached to an aromatic ring is 1. The summed E-state index contributed by atoms with van der Waals surface area (Å²) >= 11 is 0. The Morgan fingerprint density at radius 3 is 2.55 bits per heavy atom. The zero-order chi connectivity index (χ0) is 39.4. The molecule has 2 aromatic carbocycles. The van der Waals surface area contributed by atoms with Crippen LogP contribution in [0.4, 0.5) is 5.69 Å². The number of morpholine rings is 1. The minimum atomic E-state index is -0.917. The van der Waals surface area contributed by atoms with E-state index in [1.165, 1.54) is 29.2 Å². The van der Waals surface area contributed by atoms with Gasteiger partial charge in [-0.25, -0.2) is 5.43 Å². The summed E-state index contributed by atoms with van der Waals surface area (Å²) in [5, 5.41) is 28.2. The van der Waals surface area contributed by atoms with E-state index < -0.39 is 41.4 Å². The zero-order valence-corrected chi connectivity index (χ0v) is 31.2. The molecule has 7 atom stereocenters. The first-order valence-electron chi connectivity index (χ1n) is 19.2. The number of imide groups is 1. The first kappa shape index (κ1) is 37.9. The summed E-state index contributed by atoms with van der Waals surface area (Å²) in [5.74, 6) is -3.62. The topological polar surface area (TPSA) is 220 Å². The summed E-state index contributed by atoms with van der Waals surface area (Å²) in [4.78, 5) is 67.6. The average Bonchev–Trinajstić information content (AvgIpc) is 3.72. The molecule has 5 N–H and O–H groups in total. The lowest BCUT2D eigenvalue weighted by Gasteiger charge is -2.41. The molecule has 3 amide bonds. The van der Waals surface area contributed by atoms with Crippen LogP contribution in [0.5, 0.6) is 11.5 Å². The molecule has 0 unspecified atom stereocenters. The van der Waals surface area contributed by atoms with Crippen molar-refractivity contribution in [1.82, 2.24) is 15.2 Å². The Hall–Kier alpha value is -5.00. The molecule has 4 heterocycles. The molecule has 0 saturated carbocycles. The van der Waals surface area contributed by atoms with Crippen molar-refractivity contribution in [2.24, 2.45) is 11.0 Å². The van der Waals surface area contributed by atoms with Crippen LogP contribution in [0.1, 0.15) is 101 Å². The Balaban J connectivity index is 1.03. The highest BCUT2D eigenvalue weighted by Gasteiger charge is 2.51. The number of amides is 3. The number of hydrogen-bond donors (Lipinski definition) is 4. The van der Waals surface area contributed by atoms with Gasteiger partial charge in [0, 0.05) is 78.1 Å². The number of unbranched alkanes of at least 4 members (excludes halogenated alkanes) is 2. The number of fused-ring (bicyclic) bond motifs is 6. The SMILES string of the molecule is C/C(=N\NC(=O)CCCCCN1C(=O)C=CC1=O)[C@@H]1Cc2c(O)c3c(c(O)c2[C@@H](O[C@H]2C[C@H]4[C@H](O[C@@H]5COCCN54)[C@H](C)O2)C1)C(=O)c1c(N)cccc1C3=O. The molecular formula is C40H45N5O11. The molecule has 2 aliphatic carbocycles. The van der Waals surface area contributed by atoms with Gasteiger partial charge in [0.2, 0.25) is 5.91 Å². The number of phenols is 2. The number of ketones is 2. The average molecular weight is 772 g/mol. The number of nitrogens with two attached hydrogens (primary N) is 1.